The van der Waals surface area contributed by atoms with E-state index in [-0.39, 0.29) is 13.5 Å². The van der Waals surface area contributed by atoms with Gasteiger partial charge in [0.1, 0.15) is 0 Å². The molecule has 0 saturated heterocycles. The van der Waals surface area contributed by atoms with Crippen molar-refractivity contribution >= 4 is 19.5 Å². The first-order valence-corrected chi connectivity index (χ1v) is 3.34. The predicted octanol–water partition coefficient (Wildman–Crippen LogP) is 2.20. The fraction of sp³-hybridized carbons (Fsp3) is 0.222. The monoisotopic (exact) mass is 186 g/mol. The topological polar surface area (TPSA) is 37.3 Å². The Morgan fingerprint density at radius 3 is 1.75 bits per heavy atom. The van der Waals surface area contributed by atoms with Crippen molar-refractivity contribution in [2.24, 2.45) is 0 Å². The molecule has 0 bridgehead atoms. The summed E-state index contributed by atoms with van der Waals surface area (Å²) in [5.74, 6) is -0.833. The summed E-state index contributed by atoms with van der Waals surface area (Å²) in [4.78, 5) is 9.00. The van der Waals surface area contributed by atoms with Crippen LogP contribution in [-0.4, -0.2) is 11.1 Å². The molecule has 1 aromatic carbocycles. The van der Waals surface area contributed by atoms with E-state index in [1.807, 2.05) is 18.2 Å². The molecule has 1 N–H and O–H groups in total. The lowest BCUT2D eigenvalue weighted by atomic mass is 10.2. The Bertz CT molecular complexity index is 205. The number of hydrogen-bond acceptors (Lipinski definition) is 1. The molecule has 68 valence electrons. The molecule has 0 spiro atoms. The molecule has 2 nitrogen and oxygen atoms in total. The zero-order valence-electron chi connectivity index (χ0n) is 7.24. The van der Waals surface area contributed by atoms with Gasteiger partial charge in [0.05, 0.1) is 0 Å². The maximum atomic E-state index is 9.00. The number of carboxylic acid groups (broad SMARTS) is 1. The van der Waals surface area contributed by atoms with E-state index < -0.39 is 5.97 Å². The Balaban J connectivity index is 0. The summed E-state index contributed by atoms with van der Waals surface area (Å²) in [6.07, 6.45) is 0. The lowest BCUT2D eigenvalue weighted by molar-refractivity contribution is -0.134. The third-order valence-electron chi connectivity index (χ3n) is 0.940. The van der Waals surface area contributed by atoms with Gasteiger partial charge in [-0.1, -0.05) is 35.9 Å². The van der Waals surface area contributed by atoms with Gasteiger partial charge in [-0.25, -0.2) is 0 Å². The van der Waals surface area contributed by atoms with Crippen LogP contribution in [0.1, 0.15) is 12.5 Å². The van der Waals surface area contributed by atoms with Gasteiger partial charge in [0.2, 0.25) is 0 Å². The number of aliphatic carboxylic acids is 1. The summed E-state index contributed by atoms with van der Waals surface area (Å²) in [6, 6.07) is 10.3. The van der Waals surface area contributed by atoms with Gasteiger partial charge in [-0.15, -0.1) is 0 Å². The smallest absolute Gasteiger partial charge is 0.300 e. The number of hydrogen-bond donors (Lipinski definition) is 1. The molecule has 1 rings (SSSR count). The Labute approximate surface area is 79.7 Å². The Hall–Kier alpha value is -0.960. The van der Waals surface area contributed by atoms with Crippen LogP contribution in [0.15, 0.2) is 30.3 Å². The summed E-state index contributed by atoms with van der Waals surface area (Å²) in [6.45, 7) is 3.17. The van der Waals surface area contributed by atoms with Gasteiger partial charge in [0.15, 0.2) is 0 Å². The number of rotatable bonds is 0. The minimum Gasteiger partial charge on any atom is -0.481 e. The first kappa shape index (κ1) is 13.6. The molecule has 0 aromatic heterocycles. The van der Waals surface area contributed by atoms with Gasteiger partial charge in [-0.3, -0.25) is 4.79 Å². The highest BCUT2D eigenvalue weighted by Gasteiger charge is 1.72. The SMILES string of the molecule is CC(=O)O.Cc1ccccc1.S. The van der Waals surface area contributed by atoms with Crippen LogP contribution >= 0.6 is 13.5 Å². The zero-order valence-corrected chi connectivity index (χ0v) is 8.24. The fourth-order valence-electron chi connectivity index (χ4n) is 0.534. The highest BCUT2D eigenvalue weighted by Crippen LogP contribution is 1.92. The highest BCUT2D eigenvalue weighted by molar-refractivity contribution is 7.59. The molecule has 3 heteroatoms. The molecule has 12 heavy (non-hydrogen) atoms. The van der Waals surface area contributed by atoms with E-state index >= 15 is 0 Å². The second kappa shape index (κ2) is 8.14. The maximum absolute atomic E-state index is 9.00. The van der Waals surface area contributed by atoms with Crippen LogP contribution in [0.2, 0.25) is 0 Å². The average molecular weight is 186 g/mol. The van der Waals surface area contributed by atoms with E-state index in [4.69, 9.17) is 9.90 Å². The van der Waals surface area contributed by atoms with Gasteiger partial charge in [0, 0.05) is 6.92 Å². The van der Waals surface area contributed by atoms with Crippen LogP contribution in [0.3, 0.4) is 0 Å². The van der Waals surface area contributed by atoms with Gasteiger partial charge in [-0.05, 0) is 6.92 Å². The largest absolute Gasteiger partial charge is 0.481 e. The van der Waals surface area contributed by atoms with Gasteiger partial charge in [-0.2, -0.15) is 13.5 Å². The van der Waals surface area contributed by atoms with Crippen LogP contribution in [0.4, 0.5) is 0 Å². The number of benzene rings is 1. The Kier molecular flexibility index (Phi) is 9.24. The van der Waals surface area contributed by atoms with Crippen molar-refractivity contribution in [1.82, 2.24) is 0 Å². The Morgan fingerprint density at radius 1 is 1.25 bits per heavy atom. The molecule has 0 unspecified atom stereocenters. The van der Waals surface area contributed by atoms with Crippen LogP contribution in [-0.2, 0) is 4.79 Å². The molecule has 0 atom stereocenters. The molecule has 1 aromatic rings. The van der Waals surface area contributed by atoms with Crippen LogP contribution < -0.4 is 0 Å². The van der Waals surface area contributed by atoms with Crippen molar-refractivity contribution in [2.45, 2.75) is 13.8 Å². The van der Waals surface area contributed by atoms with E-state index in [0.29, 0.717) is 0 Å². The fourth-order valence-corrected chi connectivity index (χ4v) is 0.534. The van der Waals surface area contributed by atoms with Crippen molar-refractivity contribution in [3.63, 3.8) is 0 Å². The molecule has 0 heterocycles. The lowest BCUT2D eigenvalue weighted by Gasteiger charge is -1.82. The summed E-state index contributed by atoms with van der Waals surface area (Å²) < 4.78 is 0. The van der Waals surface area contributed by atoms with E-state index in [1.54, 1.807) is 0 Å². The first-order chi connectivity index (χ1) is 5.13. The predicted molar refractivity (Wildman–Crippen MR) is 54.9 cm³/mol. The second-order valence-corrected chi connectivity index (χ2v) is 2.17. The lowest BCUT2D eigenvalue weighted by Crippen LogP contribution is -1.78. The maximum Gasteiger partial charge on any atom is 0.300 e. The molecule has 0 aliphatic rings. The van der Waals surface area contributed by atoms with E-state index in [1.165, 1.54) is 5.56 Å². The normalized spacial score (nSPS) is 7.17. The first-order valence-electron chi connectivity index (χ1n) is 3.34. The molecule has 0 amide bonds. The van der Waals surface area contributed by atoms with Crippen molar-refractivity contribution in [3.8, 4) is 0 Å². The zero-order chi connectivity index (χ0) is 8.69. The standard InChI is InChI=1S/C7H8.C2H4O2.H2S/c1-7-5-3-2-4-6-7;1-2(3)4;/h2-6H,1H3;1H3,(H,3,4);1H2. The number of aryl methyl sites for hydroxylation is 1. The molecular weight excluding hydrogens is 172 g/mol. The van der Waals surface area contributed by atoms with Gasteiger partial charge >= 0.3 is 0 Å². The average Bonchev–Trinajstić information content (AvgIpc) is 1.87. The summed E-state index contributed by atoms with van der Waals surface area (Å²) in [5, 5.41) is 7.42. The minimum absolute atomic E-state index is 0. The second-order valence-electron chi connectivity index (χ2n) is 2.17. The van der Waals surface area contributed by atoms with Crippen LogP contribution in [0.25, 0.3) is 0 Å². The Morgan fingerprint density at radius 2 is 1.58 bits per heavy atom. The van der Waals surface area contributed by atoms with E-state index in [2.05, 4.69) is 19.1 Å². The van der Waals surface area contributed by atoms with Gasteiger partial charge in [0.25, 0.3) is 5.97 Å². The highest BCUT2D eigenvalue weighted by atomic mass is 32.1. The molecular formula is C9H14O2S. The van der Waals surface area contributed by atoms with E-state index in [0.717, 1.165) is 6.92 Å². The molecule has 0 fully saturated rings. The van der Waals surface area contributed by atoms with Crippen molar-refractivity contribution in [1.29, 1.82) is 0 Å². The summed E-state index contributed by atoms with van der Waals surface area (Å²) >= 11 is 0. The van der Waals surface area contributed by atoms with E-state index in [9.17, 15) is 0 Å². The molecule has 0 aliphatic carbocycles. The third-order valence-corrected chi connectivity index (χ3v) is 0.940. The molecule has 0 radical (unpaired) electrons. The van der Waals surface area contributed by atoms with Gasteiger partial charge < -0.3 is 5.11 Å². The minimum atomic E-state index is -0.833. The summed E-state index contributed by atoms with van der Waals surface area (Å²) in [5.41, 5.74) is 1.32. The summed E-state index contributed by atoms with van der Waals surface area (Å²) in [7, 11) is 0. The van der Waals surface area contributed by atoms with Crippen LogP contribution in [0, 0.1) is 6.92 Å². The van der Waals surface area contributed by atoms with Crippen molar-refractivity contribution < 1.29 is 9.90 Å². The number of carbonyl (C=O) groups is 1. The molecule has 0 saturated carbocycles. The van der Waals surface area contributed by atoms with Crippen molar-refractivity contribution in [3.05, 3.63) is 35.9 Å². The van der Waals surface area contributed by atoms with Crippen LogP contribution in [0.5, 0.6) is 0 Å². The van der Waals surface area contributed by atoms with Crippen molar-refractivity contribution in [2.75, 3.05) is 0 Å². The number of carboxylic acids is 1. The molecule has 0 aliphatic heterocycles. The quantitative estimate of drug-likeness (QED) is 0.674. The third kappa shape index (κ3) is 11.8.